The Bertz CT molecular complexity index is 673. The molecule has 0 saturated heterocycles. The van der Waals surface area contributed by atoms with Gasteiger partial charge in [-0.15, -0.1) is 0 Å². The lowest BCUT2D eigenvalue weighted by Gasteiger charge is -2.04. The van der Waals surface area contributed by atoms with Crippen LogP contribution in [0.25, 0.3) is 6.08 Å². The fourth-order valence-electron chi connectivity index (χ4n) is 1.86. The number of cyclic esters (lactones) is 1. The minimum atomic E-state index is -0.314. The number of hydrogen-bond donors (Lipinski definition) is 0. The molecule has 0 atom stereocenters. The van der Waals surface area contributed by atoms with Gasteiger partial charge in [-0.1, -0.05) is 60.3 Å². The van der Waals surface area contributed by atoms with Crippen LogP contribution in [0.1, 0.15) is 5.56 Å². The summed E-state index contributed by atoms with van der Waals surface area (Å²) < 4.78 is 5.26. The maximum Gasteiger partial charge on any atom is 0.337 e. The van der Waals surface area contributed by atoms with Crippen LogP contribution in [0.15, 0.2) is 82.3 Å². The van der Waals surface area contributed by atoms with Gasteiger partial charge in [-0.05, 0) is 23.8 Å². The summed E-state index contributed by atoms with van der Waals surface area (Å²) in [6.45, 7) is 0. The van der Waals surface area contributed by atoms with Crippen molar-refractivity contribution in [1.82, 2.24) is 0 Å². The second kappa shape index (κ2) is 5.80. The number of carbonyl (C=O) groups is 1. The van der Waals surface area contributed by atoms with Crippen LogP contribution in [0.4, 0.5) is 0 Å². The molecule has 0 N–H and O–H groups in total. The number of benzene rings is 2. The van der Waals surface area contributed by atoms with Crippen molar-refractivity contribution >= 4 is 23.8 Å². The number of esters is 1. The average Bonchev–Trinajstić information content (AvgIpc) is 2.81. The van der Waals surface area contributed by atoms with E-state index in [1.54, 1.807) is 0 Å². The van der Waals surface area contributed by atoms with E-state index in [1.165, 1.54) is 17.8 Å². The molecule has 0 aromatic heterocycles. The van der Waals surface area contributed by atoms with Crippen molar-refractivity contribution in [3.8, 4) is 0 Å². The molecule has 0 bridgehead atoms. The molecule has 3 rings (SSSR count). The van der Waals surface area contributed by atoms with E-state index >= 15 is 0 Å². The van der Waals surface area contributed by atoms with E-state index in [0.29, 0.717) is 5.76 Å². The molecule has 0 radical (unpaired) electrons. The third-order valence-electron chi connectivity index (χ3n) is 2.77. The van der Waals surface area contributed by atoms with Crippen molar-refractivity contribution in [3.05, 3.63) is 83.0 Å². The molecule has 1 aliphatic heterocycles. The van der Waals surface area contributed by atoms with Gasteiger partial charge in [0.25, 0.3) is 0 Å². The van der Waals surface area contributed by atoms with E-state index in [9.17, 15) is 4.79 Å². The van der Waals surface area contributed by atoms with E-state index in [-0.39, 0.29) is 5.97 Å². The predicted molar refractivity (Wildman–Crippen MR) is 80.9 cm³/mol. The molecule has 1 heterocycles. The van der Waals surface area contributed by atoms with Crippen LogP contribution < -0.4 is 0 Å². The molecule has 0 saturated carbocycles. The molecule has 0 fully saturated rings. The van der Waals surface area contributed by atoms with Gasteiger partial charge in [0.05, 0.1) is 4.91 Å². The standard InChI is InChI=1S/C17H12O2S/c18-17-12-16(20-14-9-5-2-6-10-14)15(19-17)11-13-7-3-1-4-8-13/h1-12H/b15-11-. The van der Waals surface area contributed by atoms with Crippen molar-refractivity contribution in [2.75, 3.05) is 0 Å². The van der Waals surface area contributed by atoms with Gasteiger partial charge in [0.15, 0.2) is 0 Å². The number of carbonyl (C=O) groups excluding carboxylic acids is 1. The second-order valence-corrected chi connectivity index (χ2v) is 5.38. The normalized spacial score (nSPS) is 16.1. The molecular weight excluding hydrogens is 268 g/mol. The molecular formula is C17H12O2S. The predicted octanol–water partition coefficient (Wildman–Crippen LogP) is 4.26. The van der Waals surface area contributed by atoms with Crippen LogP contribution in [0.2, 0.25) is 0 Å². The van der Waals surface area contributed by atoms with Crippen molar-refractivity contribution in [1.29, 1.82) is 0 Å². The lowest BCUT2D eigenvalue weighted by atomic mass is 10.2. The summed E-state index contributed by atoms with van der Waals surface area (Å²) >= 11 is 1.53. The molecule has 0 unspecified atom stereocenters. The zero-order chi connectivity index (χ0) is 13.8. The summed E-state index contributed by atoms with van der Waals surface area (Å²) in [6.07, 6.45) is 3.42. The van der Waals surface area contributed by atoms with Crippen LogP contribution in [-0.4, -0.2) is 5.97 Å². The SMILES string of the molecule is O=C1C=C(Sc2ccccc2)/C(=C/c2ccccc2)O1. The maximum absolute atomic E-state index is 11.5. The van der Waals surface area contributed by atoms with E-state index < -0.39 is 0 Å². The quantitative estimate of drug-likeness (QED) is 0.786. The Labute approximate surface area is 121 Å². The summed E-state index contributed by atoms with van der Waals surface area (Å²) in [4.78, 5) is 13.4. The largest absolute Gasteiger partial charge is 0.422 e. The minimum Gasteiger partial charge on any atom is -0.422 e. The first-order valence-corrected chi connectivity index (χ1v) is 7.06. The van der Waals surface area contributed by atoms with E-state index in [1.807, 2.05) is 66.7 Å². The highest BCUT2D eigenvalue weighted by Crippen LogP contribution is 2.36. The Kier molecular flexibility index (Phi) is 3.70. The molecule has 0 amide bonds. The molecule has 2 nitrogen and oxygen atoms in total. The summed E-state index contributed by atoms with van der Waals surface area (Å²) in [6, 6.07) is 19.8. The molecule has 0 spiro atoms. The van der Waals surface area contributed by atoms with Crippen molar-refractivity contribution < 1.29 is 9.53 Å². The molecule has 2 aromatic rings. The average molecular weight is 280 g/mol. The Morgan fingerprint density at radius 2 is 1.55 bits per heavy atom. The third-order valence-corrected chi connectivity index (χ3v) is 3.82. The molecule has 3 heteroatoms. The van der Waals surface area contributed by atoms with Crippen molar-refractivity contribution in [2.45, 2.75) is 4.90 Å². The first-order valence-electron chi connectivity index (χ1n) is 6.25. The molecule has 20 heavy (non-hydrogen) atoms. The third kappa shape index (κ3) is 3.00. The second-order valence-electron chi connectivity index (χ2n) is 4.26. The van der Waals surface area contributed by atoms with Crippen LogP contribution in [0.5, 0.6) is 0 Å². The Balaban J connectivity index is 1.87. The smallest absolute Gasteiger partial charge is 0.337 e. The van der Waals surface area contributed by atoms with Crippen LogP contribution >= 0.6 is 11.8 Å². The number of rotatable bonds is 3. The first kappa shape index (κ1) is 12.8. The highest BCUT2D eigenvalue weighted by molar-refractivity contribution is 8.03. The lowest BCUT2D eigenvalue weighted by molar-refractivity contribution is -0.132. The topological polar surface area (TPSA) is 26.3 Å². The highest BCUT2D eigenvalue weighted by atomic mass is 32.2. The molecule has 0 aliphatic carbocycles. The van der Waals surface area contributed by atoms with Gasteiger partial charge in [0.1, 0.15) is 5.76 Å². The molecule has 98 valence electrons. The monoisotopic (exact) mass is 280 g/mol. The fourth-order valence-corrected chi connectivity index (χ4v) is 2.77. The highest BCUT2D eigenvalue weighted by Gasteiger charge is 2.21. The van der Waals surface area contributed by atoms with Crippen LogP contribution in [0, 0.1) is 0 Å². The van der Waals surface area contributed by atoms with Gasteiger partial charge >= 0.3 is 5.97 Å². The van der Waals surface area contributed by atoms with E-state index in [4.69, 9.17) is 4.74 Å². The Hall–Kier alpha value is -2.26. The Morgan fingerprint density at radius 3 is 2.25 bits per heavy atom. The summed E-state index contributed by atoms with van der Waals surface area (Å²) in [7, 11) is 0. The first-order chi connectivity index (χ1) is 9.81. The van der Waals surface area contributed by atoms with Gasteiger partial charge in [-0.25, -0.2) is 4.79 Å². The number of ether oxygens (including phenoxy) is 1. The lowest BCUT2D eigenvalue weighted by Crippen LogP contribution is -1.90. The summed E-state index contributed by atoms with van der Waals surface area (Å²) in [5.41, 5.74) is 1.01. The van der Waals surface area contributed by atoms with Gasteiger partial charge in [-0.2, -0.15) is 0 Å². The van der Waals surface area contributed by atoms with Gasteiger partial charge in [-0.3, -0.25) is 0 Å². The number of thioether (sulfide) groups is 1. The van der Waals surface area contributed by atoms with Crippen LogP contribution in [0.3, 0.4) is 0 Å². The van der Waals surface area contributed by atoms with Gasteiger partial charge in [0, 0.05) is 11.0 Å². The van der Waals surface area contributed by atoms with Crippen molar-refractivity contribution in [3.63, 3.8) is 0 Å². The van der Waals surface area contributed by atoms with Crippen LogP contribution in [-0.2, 0) is 9.53 Å². The maximum atomic E-state index is 11.5. The number of hydrogen-bond acceptors (Lipinski definition) is 3. The minimum absolute atomic E-state index is 0.314. The van der Waals surface area contributed by atoms with Gasteiger partial charge in [0.2, 0.25) is 0 Å². The molecule has 2 aromatic carbocycles. The summed E-state index contributed by atoms with van der Waals surface area (Å²) in [5, 5.41) is 0. The molecule has 1 aliphatic rings. The zero-order valence-electron chi connectivity index (χ0n) is 10.7. The van der Waals surface area contributed by atoms with Gasteiger partial charge < -0.3 is 4.74 Å². The summed E-state index contributed by atoms with van der Waals surface area (Å²) in [5.74, 6) is 0.292. The Morgan fingerprint density at radius 1 is 0.900 bits per heavy atom. The van der Waals surface area contributed by atoms with Crippen molar-refractivity contribution in [2.24, 2.45) is 0 Å². The fraction of sp³-hybridized carbons (Fsp3) is 0. The zero-order valence-corrected chi connectivity index (χ0v) is 11.5. The van der Waals surface area contributed by atoms with E-state index in [2.05, 4.69) is 0 Å². The van der Waals surface area contributed by atoms with E-state index in [0.717, 1.165) is 15.4 Å².